The maximum Gasteiger partial charge on any atom is 0.255 e. The van der Waals surface area contributed by atoms with Crippen LogP contribution in [-0.4, -0.2) is 34.6 Å². The van der Waals surface area contributed by atoms with E-state index >= 15 is 0 Å². The Hall–Kier alpha value is -2.68. The topological polar surface area (TPSA) is 85.6 Å². The van der Waals surface area contributed by atoms with E-state index in [1.165, 1.54) is 12.8 Å². The molecule has 1 aromatic rings. The normalized spacial score (nSPS) is 26.9. The average molecular weight is 378 g/mol. The summed E-state index contributed by atoms with van der Waals surface area (Å²) in [7, 11) is 0. The van der Waals surface area contributed by atoms with Crippen LogP contribution in [-0.2, 0) is 16.1 Å². The third kappa shape index (κ3) is 3.66. The summed E-state index contributed by atoms with van der Waals surface area (Å²) in [5, 5.41) is 11.8. The zero-order valence-electron chi connectivity index (χ0n) is 16.3. The molecule has 0 aromatic heterocycles. The summed E-state index contributed by atoms with van der Waals surface area (Å²) >= 11 is 0. The highest BCUT2D eigenvalue weighted by atomic mass is 16.2. The van der Waals surface area contributed by atoms with Gasteiger partial charge in [-0.1, -0.05) is 12.1 Å². The molecule has 6 nitrogen and oxygen atoms in total. The number of benzene rings is 1. The van der Waals surface area contributed by atoms with Crippen LogP contribution in [0.4, 0.5) is 0 Å². The fourth-order valence-electron chi connectivity index (χ4n) is 4.30. The van der Waals surface area contributed by atoms with E-state index in [-0.39, 0.29) is 17.7 Å². The Morgan fingerprint density at radius 1 is 1.25 bits per heavy atom. The van der Waals surface area contributed by atoms with E-state index in [0.717, 1.165) is 17.9 Å². The van der Waals surface area contributed by atoms with Crippen LogP contribution in [0.15, 0.2) is 29.3 Å². The molecule has 1 N–H and O–H groups in total. The largest absolute Gasteiger partial charge is 0.352 e. The molecule has 4 rings (SSSR count). The van der Waals surface area contributed by atoms with E-state index in [1.807, 2.05) is 24.0 Å². The van der Waals surface area contributed by atoms with Crippen molar-refractivity contribution in [3.05, 3.63) is 35.4 Å². The van der Waals surface area contributed by atoms with Crippen molar-refractivity contribution in [3.8, 4) is 6.07 Å². The Bertz CT molecular complexity index is 840. The predicted molar refractivity (Wildman–Crippen MR) is 105 cm³/mol. The average Bonchev–Trinajstić information content (AvgIpc) is 3.51. The Morgan fingerprint density at radius 3 is 2.54 bits per heavy atom. The van der Waals surface area contributed by atoms with Gasteiger partial charge < -0.3 is 5.32 Å². The third-order valence-electron chi connectivity index (χ3n) is 6.28. The lowest BCUT2D eigenvalue weighted by atomic mass is 9.76. The first-order valence-electron chi connectivity index (χ1n) is 10.2. The van der Waals surface area contributed by atoms with Crippen LogP contribution in [0, 0.1) is 23.2 Å². The number of nitrogens with zero attached hydrogens (tertiary/aromatic N) is 3. The van der Waals surface area contributed by atoms with E-state index in [2.05, 4.69) is 11.4 Å². The maximum atomic E-state index is 13.0. The second-order valence-corrected chi connectivity index (χ2v) is 8.35. The molecule has 1 aliphatic heterocycles. The maximum absolute atomic E-state index is 13.0. The first-order valence-corrected chi connectivity index (χ1v) is 10.2. The molecule has 1 spiro atoms. The molecular weight excluding hydrogens is 352 g/mol. The molecule has 2 aliphatic carbocycles. The van der Waals surface area contributed by atoms with E-state index in [1.54, 1.807) is 12.1 Å². The van der Waals surface area contributed by atoms with Gasteiger partial charge in [-0.05, 0) is 69.1 Å². The fourth-order valence-corrected chi connectivity index (χ4v) is 4.30. The molecule has 0 unspecified atom stereocenters. The van der Waals surface area contributed by atoms with Crippen molar-refractivity contribution in [2.24, 2.45) is 16.8 Å². The summed E-state index contributed by atoms with van der Waals surface area (Å²) in [5.74, 6) is 1.62. The number of aliphatic imine (C=N–C) groups is 1. The van der Waals surface area contributed by atoms with E-state index in [9.17, 15) is 9.59 Å². The molecule has 2 amide bonds. The number of carbonyl (C=O) groups excluding carboxylic acids is 2. The Balaban J connectivity index is 1.30. The molecule has 2 saturated carbocycles. The number of hydrogen-bond acceptors (Lipinski definition) is 4. The molecule has 146 valence electrons. The zero-order chi connectivity index (χ0) is 19.7. The molecule has 6 heteroatoms. The van der Waals surface area contributed by atoms with Gasteiger partial charge in [-0.15, -0.1) is 0 Å². The van der Waals surface area contributed by atoms with Gasteiger partial charge in [0.25, 0.3) is 5.91 Å². The van der Waals surface area contributed by atoms with Crippen LogP contribution in [0.1, 0.15) is 56.6 Å². The van der Waals surface area contributed by atoms with Gasteiger partial charge in [0.15, 0.2) is 0 Å². The summed E-state index contributed by atoms with van der Waals surface area (Å²) in [4.78, 5) is 32.2. The monoisotopic (exact) mass is 378 g/mol. The van der Waals surface area contributed by atoms with Gasteiger partial charge in [0.2, 0.25) is 5.91 Å². The lowest BCUT2D eigenvalue weighted by molar-refractivity contribution is -0.135. The highest BCUT2D eigenvalue weighted by molar-refractivity contribution is 6.07. The van der Waals surface area contributed by atoms with Gasteiger partial charge in [-0.3, -0.25) is 19.5 Å². The van der Waals surface area contributed by atoms with Crippen molar-refractivity contribution in [1.29, 1.82) is 5.26 Å². The predicted octanol–water partition coefficient (Wildman–Crippen LogP) is 2.77. The summed E-state index contributed by atoms with van der Waals surface area (Å²) in [5.41, 5.74) is 0.963. The van der Waals surface area contributed by atoms with Crippen molar-refractivity contribution >= 4 is 17.6 Å². The molecular formula is C22H26N4O2. The minimum absolute atomic E-state index is 0.0418. The van der Waals surface area contributed by atoms with Crippen molar-refractivity contribution in [3.63, 3.8) is 0 Å². The molecule has 28 heavy (non-hydrogen) atoms. The van der Waals surface area contributed by atoms with Crippen LogP contribution in [0.3, 0.4) is 0 Å². The van der Waals surface area contributed by atoms with Crippen LogP contribution in [0.2, 0.25) is 0 Å². The highest BCUT2D eigenvalue weighted by Crippen LogP contribution is 2.41. The SMILES string of the molecule is CC1=NC2(CCC(C(=O)NCc3ccc(C#N)cc3)CC2)C(=O)N1CC1CC1. The van der Waals surface area contributed by atoms with Gasteiger partial charge in [0, 0.05) is 19.0 Å². The van der Waals surface area contributed by atoms with Crippen molar-refractivity contribution in [2.75, 3.05) is 6.54 Å². The molecule has 0 saturated heterocycles. The van der Waals surface area contributed by atoms with Gasteiger partial charge in [0.1, 0.15) is 11.4 Å². The molecule has 1 heterocycles. The molecule has 0 bridgehead atoms. The summed E-state index contributed by atoms with van der Waals surface area (Å²) in [6.45, 7) is 3.20. The van der Waals surface area contributed by atoms with Gasteiger partial charge in [-0.2, -0.15) is 5.26 Å². The Kier molecular flexibility index (Phi) is 4.92. The number of amides is 2. The van der Waals surface area contributed by atoms with Crippen LogP contribution >= 0.6 is 0 Å². The lowest BCUT2D eigenvalue weighted by Crippen LogP contribution is -2.46. The molecule has 0 radical (unpaired) electrons. The summed E-state index contributed by atoms with van der Waals surface area (Å²) in [6.07, 6.45) is 5.12. The van der Waals surface area contributed by atoms with Crippen molar-refractivity contribution in [2.45, 2.75) is 57.5 Å². The second kappa shape index (κ2) is 7.38. The number of nitriles is 1. The molecule has 3 aliphatic rings. The molecule has 0 atom stereocenters. The smallest absolute Gasteiger partial charge is 0.255 e. The number of amidine groups is 1. The van der Waals surface area contributed by atoms with Crippen LogP contribution in [0.5, 0.6) is 0 Å². The van der Waals surface area contributed by atoms with E-state index in [0.29, 0.717) is 43.7 Å². The number of carbonyl (C=O) groups is 2. The van der Waals surface area contributed by atoms with Crippen LogP contribution < -0.4 is 5.32 Å². The van der Waals surface area contributed by atoms with Crippen molar-refractivity contribution in [1.82, 2.24) is 10.2 Å². The first kappa shape index (κ1) is 18.7. The van der Waals surface area contributed by atoms with Crippen molar-refractivity contribution < 1.29 is 9.59 Å². The molecule has 1 aromatic carbocycles. The number of hydrogen-bond donors (Lipinski definition) is 1. The first-order chi connectivity index (χ1) is 13.5. The standard InChI is InChI=1S/C22H26N4O2/c1-15-25-22(21(28)26(15)14-18-6-7-18)10-8-19(9-11-22)20(27)24-13-17-4-2-16(12-23)3-5-17/h2-5,18-19H,6-11,13-14H2,1H3,(H,24,27). The van der Waals surface area contributed by atoms with E-state index < -0.39 is 5.54 Å². The Morgan fingerprint density at radius 2 is 1.93 bits per heavy atom. The minimum Gasteiger partial charge on any atom is -0.352 e. The summed E-state index contributed by atoms with van der Waals surface area (Å²) < 4.78 is 0. The van der Waals surface area contributed by atoms with Gasteiger partial charge in [0.05, 0.1) is 11.6 Å². The quantitative estimate of drug-likeness (QED) is 0.855. The second-order valence-electron chi connectivity index (χ2n) is 8.35. The fraction of sp³-hybridized carbons (Fsp3) is 0.545. The summed E-state index contributed by atoms with van der Waals surface area (Å²) in [6, 6.07) is 9.32. The highest BCUT2D eigenvalue weighted by Gasteiger charge is 2.50. The number of nitrogens with one attached hydrogen (secondary N) is 1. The van der Waals surface area contributed by atoms with Crippen LogP contribution in [0.25, 0.3) is 0 Å². The third-order valence-corrected chi connectivity index (χ3v) is 6.28. The lowest BCUT2D eigenvalue weighted by Gasteiger charge is -2.33. The Labute approximate surface area is 165 Å². The number of rotatable bonds is 5. The minimum atomic E-state index is -0.622. The zero-order valence-corrected chi connectivity index (χ0v) is 16.3. The molecule has 2 fully saturated rings. The van der Waals surface area contributed by atoms with E-state index in [4.69, 9.17) is 10.3 Å². The van der Waals surface area contributed by atoms with Gasteiger partial charge >= 0.3 is 0 Å². The van der Waals surface area contributed by atoms with Gasteiger partial charge in [-0.25, -0.2) is 0 Å².